The molecule has 0 aliphatic rings. The molecule has 3 rings (SSSR count). The number of hydrogen-bond donors (Lipinski definition) is 0. The molecule has 0 saturated heterocycles. The zero-order valence-electron chi connectivity index (χ0n) is 8.92. The molecule has 0 amide bonds. The number of nitrogens with zero attached hydrogens (tertiary/aromatic N) is 4. The van der Waals surface area contributed by atoms with Crippen molar-refractivity contribution in [2.24, 2.45) is 0 Å². The van der Waals surface area contributed by atoms with Crippen molar-refractivity contribution in [1.82, 2.24) is 19.5 Å². The Morgan fingerprint density at radius 2 is 1.88 bits per heavy atom. The molecule has 0 bridgehead atoms. The van der Waals surface area contributed by atoms with Crippen LogP contribution in [-0.2, 0) is 6.54 Å². The third-order valence-corrected chi connectivity index (χ3v) is 3.13. The van der Waals surface area contributed by atoms with Crippen LogP contribution in [0.25, 0.3) is 11.2 Å². The van der Waals surface area contributed by atoms with Crippen LogP contribution >= 0.6 is 15.9 Å². The fourth-order valence-corrected chi connectivity index (χ4v) is 2.12. The third-order valence-electron chi connectivity index (χ3n) is 2.55. The molecule has 2 heterocycles. The highest BCUT2D eigenvalue weighted by atomic mass is 79.9. The zero-order valence-corrected chi connectivity index (χ0v) is 10.5. The summed E-state index contributed by atoms with van der Waals surface area (Å²) in [5.74, 6) is 0. The maximum atomic E-state index is 4.31. The van der Waals surface area contributed by atoms with Crippen LogP contribution in [0.1, 0.15) is 5.56 Å². The SMILES string of the molecule is Brc1ncnc2c1ncn2Cc1ccccc1. The lowest BCUT2D eigenvalue weighted by atomic mass is 10.2. The smallest absolute Gasteiger partial charge is 0.164 e. The molecule has 84 valence electrons. The Kier molecular flexibility index (Phi) is 2.60. The maximum Gasteiger partial charge on any atom is 0.164 e. The van der Waals surface area contributed by atoms with Gasteiger partial charge in [-0.15, -0.1) is 0 Å². The van der Waals surface area contributed by atoms with Crippen LogP contribution in [-0.4, -0.2) is 19.5 Å². The standard InChI is InChI=1S/C12H9BrN4/c13-11-10-12(15-7-14-11)17(8-16-10)6-9-4-2-1-3-5-9/h1-5,7-8H,6H2. The van der Waals surface area contributed by atoms with Crippen LogP contribution in [0.5, 0.6) is 0 Å². The first-order valence-electron chi connectivity index (χ1n) is 5.20. The summed E-state index contributed by atoms with van der Waals surface area (Å²) in [4.78, 5) is 12.6. The maximum absolute atomic E-state index is 4.31. The van der Waals surface area contributed by atoms with E-state index in [1.54, 1.807) is 6.33 Å². The van der Waals surface area contributed by atoms with Crippen LogP contribution in [0.15, 0.2) is 47.6 Å². The van der Waals surface area contributed by atoms with Crippen molar-refractivity contribution in [1.29, 1.82) is 0 Å². The van der Waals surface area contributed by atoms with Gasteiger partial charge >= 0.3 is 0 Å². The Balaban J connectivity index is 2.05. The van der Waals surface area contributed by atoms with Crippen LogP contribution in [0.2, 0.25) is 0 Å². The minimum atomic E-state index is 0.731. The average molecular weight is 289 g/mol. The fourth-order valence-electron chi connectivity index (χ4n) is 1.75. The molecule has 0 aliphatic carbocycles. The molecule has 0 unspecified atom stereocenters. The molecule has 1 aromatic carbocycles. The van der Waals surface area contributed by atoms with Crippen LogP contribution < -0.4 is 0 Å². The highest BCUT2D eigenvalue weighted by Gasteiger charge is 2.07. The highest BCUT2D eigenvalue weighted by molar-refractivity contribution is 9.10. The lowest BCUT2D eigenvalue weighted by molar-refractivity contribution is 0.813. The van der Waals surface area contributed by atoms with Gasteiger partial charge in [0.1, 0.15) is 16.4 Å². The molecule has 0 aliphatic heterocycles. The van der Waals surface area contributed by atoms with E-state index in [0.29, 0.717) is 0 Å². The van der Waals surface area contributed by atoms with Gasteiger partial charge in [0.2, 0.25) is 0 Å². The molecule has 2 aromatic heterocycles. The molecule has 4 nitrogen and oxygen atoms in total. The molecule has 0 atom stereocenters. The lowest BCUT2D eigenvalue weighted by Crippen LogP contribution is -1.99. The average Bonchev–Trinajstić information content (AvgIpc) is 2.76. The van der Waals surface area contributed by atoms with Gasteiger partial charge in [-0.05, 0) is 21.5 Å². The summed E-state index contributed by atoms with van der Waals surface area (Å²) in [6, 6.07) is 10.2. The predicted molar refractivity (Wildman–Crippen MR) is 68.6 cm³/mol. The van der Waals surface area contributed by atoms with E-state index in [1.165, 1.54) is 11.9 Å². The Hall–Kier alpha value is -1.75. The lowest BCUT2D eigenvalue weighted by Gasteiger charge is -2.03. The topological polar surface area (TPSA) is 43.6 Å². The molecule has 3 aromatic rings. The summed E-state index contributed by atoms with van der Waals surface area (Å²) in [6.07, 6.45) is 3.33. The van der Waals surface area contributed by atoms with Gasteiger partial charge in [-0.25, -0.2) is 15.0 Å². The quantitative estimate of drug-likeness (QED) is 0.681. The second-order valence-corrected chi connectivity index (χ2v) is 4.45. The Bertz CT molecular complexity index is 648. The molecule has 5 heteroatoms. The number of benzene rings is 1. The van der Waals surface area contributed by atoms with E-state index in [2.05, 4.69) is 43.0 Å². The first-order valence-corrected chi connectivity index (χ1v) is 5.99. The predicted octanol–water partition coefficient (Wildman–Crippen LogP) is 2.64. The van der Waals surface area contributed by atoms with Gasteiger partial charge in [-0.2, -0.15) is 0 Å². The van der Waals surface area contributed by atoms with E-state index < -0.39 is 0 Å². The monoisotopic (exact) mass is 288 g/mol. The number of hydrogen-bond acceptors (Lipinski definition) is 3. The fraction of sp³-hybridized carbons (Fsp3) is 0.0833. The van der Waals surface area contributed by atoms with Crippen molar-refractivity contribution in [2.75, 3.05) is 0 Å². The number of aromatic nitrogens is 4. The van der Waals surface area contributed by atoms with Crippen LogP contribution in [0.4, 0.5) is 0 Å². The van der Waals surface area contributed by atoms with Crippen LogP contribution in [0.3, 0.4) is 0 Å². The van der Waals surface area contributed by atoms with Crippen LogP contribution in [0, 0.1) is 0 Å². The molecule has 17 heavy (non-hydrogen) atoms. The van der Waals surface area contributed by atoms with E-state index in [1.807, 2.05) is 22.8 Å². The molecular formula is C12H9BrN4. The van der Waals surface area contributed by atoms with Crippen molar-refractivity contribution < 1.29 is 0 Å². The van der Waals surface area contributed by atoms with E-state index in [0.717, 1.165) is 22.3 Å². The Morgan fingerprint density at radius 3 is 2.71 bits per heavy atom. The molecule has 0 spiro atoms. The number of fused-ring (bicyclic) bond motifs is 1. The van der Waals surface area contributed by atoms with Gasteiger partial charge in [0.25, 0.3) is 0 Å². The number of rotatable bonds is 2. The van der Waals surface area contributed by atoms with E-state index >= 15 is 0 Å². The molecule has 0 radical (unpaired) electrons. The van der Waals surface area contributed by atoms with Crippen molar-refractivity contribution in [3.05, 3.63) is 53.2 Å². The van der Waals surface area contributed by atoms with Gasteiger partial charge in [-0.1, -0.05) is 30.3 Å². The van der Waals surface area contributed by atoms with Gasteiger partial charge < -0.3 is 4.57 Å². The normalized spacial score (nSPS) is 10.9. The molecule has 0 N–H and O–H groups in total. The third kappa shape index (κ3) is 1.93. The highest BCUT2D eigenvalue weighted by Crippen LogP contribution is 2.18. The Labute approximate surface area is 106 Å². The zero-order chi connectivity index (χ0) is 11.7. The first kappa shape index (κ1) is 10.4. The van der Waals surface area contributed by atoms with E-state index in [-0.39, 0.29) is 0 Å². The minimum Gasteiger partial charge on any atom is -0.311 e. The molecule has 0 saturated carbocycles. The minimum absolute atomic E-state index is 0.731. The summed E-state index contributed by atoms with van der Waals surface area (Å²) in [5, 5.41) is 0. The summed E-state index contributed by atoms with van der Waals surface area (Å²) in [5.41, 5.74) is 2.86. The molecule has 0 fully saturated rings. The van der Waals surface area contributed by atoms with Gasteiger partial charge in [0.15, 0.2) is 5.65 Å². The largest absolute Gasteiger partial charge is 0.311 e. The van der Waals surface area contributed by atoms with Gasteiger partial charge in [0.05, 0.1) is 12.9 Å². The van der Waals surface area contributed by atoms with Crippen molar-refractivity contribution >= 4 is 27.1 Å². The summed E-state index contributed by atoms with van der Waals surface area (Å²) in [6.45, 7) is 0.765. The van der Waals surface area contributed by atoms with E-state index in [9.17, 15) is 0 Å². The second kappa shape index (κ2) is 4.25. The molecular weight excluding hydrogens is 280 g/mol. The summed E-state index contributed by atoms with van der Waals surface area (Å²) in [7, 11) is 0. The summed E-state index contributed by atoms with van der Waals surface area (Å²) >= 11 is 3.37. The van der Waals surface area contributed by atoms with Gasteiger partial charge in [-0.3, -0.25) is 0 Å². The summed E-state index contributed by atoms with van der Waals surface area (Å²) < 4.78 is 2.74. The Morgan fingerprint density at radius 1 is 1.06 bits per heavy atom. The number of imidazole rings is 1. The first-order chi connectivity index (χ1) is 8.34. The van der Waals surface area contributed by atoms with Gasteiger partial charge in [0, 0.05) is 0 Å². The van der Waals surface area contributed by atoms with Crippen molar-refractivity contribution in [3.63, 3.8) is 0 Å². The van der Waals surface area contributed by atoms with Crippen molar-refractivity contribution in [2.45, 2.75) is 6.54 Å². The van der Waals surface area contributed by atoms with E-state index in [4.69, 9.17) is 0 Å². The van der Waals surface area contributed by atoms with Crippen molar-refractivity contribution in [3.8, 4) is 0 Å². The second-order valence-electron chi connectivity index (χ2n) is 3.69. The number of halogens is 1.